The molecule has 0 spiro atoms. The fourth-order valence-electron chi connectivity index (χ4n) is 3.05. The van der Waals surface area contributed by atoms with Gasteiger partial charge in [-0.25, -0.2) is 4.98 Å². The van der Waals surface area contributed by atoms with Crippen LogP contribution in [0.1, 0.15) is 47.8 Å². The molecule has 1 aliphatic rings. The number of nitrogens with zero attached hydrogens (tertiary/aromatic N) is 1. The fraction of sp³-hybridized carbons (Fsp3) is 0.500. The summed E-state index contributed by atoms with van der Waals surface area (Å²) in [4.78, 5) is 18.2. The summed E-state index contributed by atoms with van der Waals surface area (Å²) in [7, 11) is 0. The highest BCUT2D eigenvalue weighted by atomic mass is 32.1. The van der Waals surface area contributed by atoms with Gasteiger partial charge in [0.2, 0.25) is 0 Å². The summed E-state index contributed by atoms with van der Waals surface area (Å²) < 4.78 is 0. The van der Waals surface area contributed by atoms with Gasteiger partial charge in [0.15, 0.2) is 0 Å². The van der Waals surface area contributed by atoms with Crippen molar-refractivity contribution in [1.29, 1.82) is 0 Å². The lowest BCUT2D eigenvalue weighted by atomic mass is 9.67. The van der Waals surface area contributed by atoms with E-state index in [9.17, 15) is 4.79 Å². The SMILES string of the molecule is CCC1(CNC(=O)c2sc3nccc(C)c3c2N)CCC1. The Balaban J connectivity index is 1.82. The van der Waals surface area contributed by atoms with Crippen molar-refractivity contribution >= 4 is 33.1 Å². The minimum absolute atomic E-state index is 0.0605. The zero-order valence-electron chi connectivity index (χ0n) is 12.5. The summed E-state index contributed by atoms with van der Waals surface area (Å²) in [5.74, 6) is -0.0605. The molecule has 1 aliphatic carbocycles. The molecule has 0 aliphatic heterocycles. The van der Waals surface area contributed by atoms with E-state index in [-0.39, 0.29) is 5.91 Å². The van der Waals surface area contributed by atoms with Gasteiger partial charge in [-0.2, -0.15) is 0 Å². The molecule has 112 valence electrons. The number of aromatic nitrogens is 1. The van der Waals surface area contributed by atoms with E-state index < -0.39 is 0 Å². The van der Waals surface area contributed by atoms with Gasteiger partial charge < -0.3 is 11.1 Å². The van der Waals surface area contributed by atoms with Crippen molar-refractivity contribution in [2.24, 2.45) is 5.41 Å². The lowest BCUT2D eigenvalue weighted by Crippen LogP contribution is -2.41. The number of hydrogen-bond donors (Lipinski definition) is 2. The van der Waals surface area contributed by atoms with Crippen LogP contribution in [0.15, 0.2) is 12.3 Å². The van der Waals surface area contributed by atoms with Crippen molar-refractivity contribution in [2.75, 3.05) is 12.3 Å². The number of rotatable bonds is 4. The van der Waals surface area contributed by atoms with Crippen LogP contribution < -0.4 is 11.1 Å². The van der Waals surface area contributed by atoms with Gasteiger partial charge in [-0.15, -0.1) is 11.3 Å². The van der Waals surface area contributed by atoms with Crippen LogP contribution in [-0.2, 0) is 0 Å². The molecule has 1 amide bonds. The second kappa shape index (κ2) is 5.30. The molecular formula is C16H21N3OS. The normalized spacial score (nSPS) is 16.7. The zero-order chi connectivity index (χ0) is 15.0. The number of amides is 1. The predicted molar refractivity (Wildman–Crippen MR) is 87.7 cm³/mol. The van der Waals surface area contributed by atoms with Gasteiger partial charge in [-0.1, -0.05) is 13.3 Å². The highest BCUT2D eigenvalue weighted by Crippen LogP contribution is 2.43. The van der Waals surface area contributed by atoms with Gasteiger partial charge in [0.25, 0.3) is 5.91 Å². The molecule has 21 heavy (non-hydrogen) atoms. The Labute approximate surface area is 128 Å². The van der Waals surface area contributed by atoms with Gasteiger partial charge >= 0.3 is 0 Å². The molecule has 4 nitrogen and oxygen atoms in total. The van der Waals surface area contributed by atoms with Gasteiger partial charge in [0.05, 0.1) is 5.69 Å². The molecule has 0 atom stereocenters. The van der Waals surface area contributed by atoms with Crippen LogP contribution in [0.2, 0.25) is 0 Å². The van der Waals surface area contributed by atoms with E-state index in [2.05, 4.69) is 17.2 Å². The number of fused-ring (bicyclic) bond motifs is 1. The fourth-order valence-corrected chi connectivity index (χ4v) is 4.11. The number of nitrogens with two attached hydrogens (primary N) is 1. The Hall–Kier alpha value is -1.62. The summed E-state index contributed by atoms with van der Waals surface area (Å²) in [6.07, 6.45) is 6.59. The molecule has 1 fully saturated rings. The first-order valence-electron chi connectivity index (χ1n) is 7.48. The first-order valence-corrected chi connectivity index (χ1v) is 8.30. The van der Waals surface area contributed by atoms with E-state index in [1.54, 1.807) is 6.20 Å². The molecule has 3 N–H and O–H groups in total. The summed E-state index contributed by atoms with van der Waals surface area (Å²) in [6, 6.07) is 1.92. The molecule has 0 bridgehead atoms. The number of anilines is 1. The summed E-state index contributed by atoms with van der Waals surface area (Å²) in [6.45, 7) is 4.95. The molecule has 0 unspecified atom stereocenters. The second-order valence-electron chi connectivity index (χ2n) is 6.04. The Kier molecular flexibility index (Phi) is 3.61. The summed E-state index contributed by atoms with van der Waals surface area (Å²) >= 11 is 1.38. The highest BCUT2D eigenvalue weighted by Gasteiger charge is 2.35. The number of pyridine rings is 1. The zero-order valence-corrected chi connectivity index (χ0v) is 13.3. The van der Waals surface area contributed by atoms with Crippen LogP contribution in [0.5, 0.6) is 0 Å². The molecule has 5 heteroatoms. The van der Waals surface area contributed by atoms with E-state index >= 15 is 0 Å². The third-order valence-electron chi connectivity index (χ3n) is 4.83. The third kappa shape index (κ3) is 2.39. The first kappa shape index (κ1) is 14.3. The Morgan fingerprint density at radius 2 is 2.29 bits per heavy atom. The quantitative estimate of drug-likeness (QED) is 0.908. The van der Waals surface area contributed by atoms with E-state index in [0.29, 0.717) is 16.0 Å². The third-order valence-corrected chi connectivity index (χ3v) is 5.94. The van der Waals surface area contributed by atoms with E-state index in [0.717, 1.165) is 28.7 Å². The van der Waals surface area contributed by atoms with E-state index in [4.69, 9.17) is 5.73 Å². The van der Waals surface area contributed by atoms with E-state index in [1.807, 2.05) is 13.0 Å². The topological polar surface area (TPSA) is 68.0 Å². The van der Waals surface area contributed by atoms with Crippen LogP contribution in [0.3, 0.4) is 0 Å². The van der Waals surface area contributed by atoms with Crippen LogP contribution in [0.4, 0.5) is 5.69 Å². The lowest BCUT2D eigenvalue weighted by molar-refractivity contribution is 0.0854. The predicted octanol–water partition coefficient (Wildman–Crippen LogP) is 3.50. The second-order valence-corrected chi connectivity index (χ2v) is 7.04. The van der Waals surface area contributed by atoms with Crippen molar-refractivity contribution in [3.05, 3.63) is 22.7 Å². The number of nitrogens with one attached hydrogen (secondary N) is 1. The summed E-state index contributed by atoms with van der Waals surface area (Å²) in [5, 5.41) is 4.00. The van der Waals surface area contributed by atoms with Crippen molar-refractivity contribution in [2.45, 2.75) is 39.5 Å². The first-order chi connectivity index (χ1) is 10.1. The Bertz CT molecular complexity index is 683. The minimum Gasteiger partial charge on any atom is -0.397 e. The molecule has 0 aromatic carbocycles. The van der Waals surface area contributed by atoms with E-state index in [1.165, 1.54) is 30.6 Å². The average Bonchev–Trinajstić information content (AvgIpc) is 2.76. The van der Waals surface area contributed by atoms with Crippen molar-refractivity contribution in [1.82, 2.24) is 10.3 Å². The molecule has 0 radical (unpaired) electrons. The standard InChI is InChI=1S/C16H21N3OS/c1-3-16(6-4-7-16)9-19-14(20)13-12(17)11-10(2)5-8-18-15(11)21-13/h5,8H,3-4,6-7,9,17H2,1-2H3,(H,19,20). The molecule has 0 saturated heterocycles. The maximum atomic E-state index is 12.4. The molecule has 1 saturated carbocycles. The number of thiophene rings is 1. The number of hydrogen-bond acceptors (Lipinski definition) is 4. The molecule has 3 rings (SSSR count). The van der Waals surface area contributed by atoms with Gasteiger partial charge in [0, 0.05) is 18.1 Å². The number of carbonyl (C=O) groups excluding carboxylic acids is 1. The average molecular weight is 303 g/mol. The number of carbonyl (C=O) groups is 1. The smallest absolute Gasteiger partial charge is 0.263 e. The lowest BCUT2D eigenvalue weighted by Gasteiger charge is -2.41. The van der Waals surface area contributed by atoms with Gasteiger partial charge in [0.1, 0.15) is 9.71 Å². The molecule has 2 heterocycles. The van der Waals surface area contributed by atoms with Crippen LogP contribution in [0, 0.1) is 12.3 Å². The van der Waals surface area contributed by atoms with Crippen LogP contribution in [-0.4, -0.2) is 17.4 Å². The summed E-state index contributed by atoms with van der Waals surface area (Å²) in [5.41, 5.74) is 8.12. The van der Waals surface area contributed by atoms with Crippen LogP contribution >= 0.6 is 11.3 Å². The van der Waals surface area contributed by atoms with Crippen molar-refractivity contribution < 1.29 is 4.79 Å². The monoisotopic (exact) mass is 303 g/mol. The van der Waals surface area contributed by atoms with Gasteiger partial charge in [-0.3, -0.25) is 4.79 Å². The van der Waals surface area contributed by atoms with Crippen molar-refractivity contribution in [3.63, 3.8) is 0 Å². The largest absolute Gasteiger partial charge is 0.397 e. The van der Waals surface area contributed by atoms with Crippen molar-refractivity contribution in [3.8, 4) is 0 Å². The van der Waals surface area contributed by atoms with Crippen LogP contribution in [0.25, 0.3) is 10.2 Å². The molecular weight excluding hydrogens is 282 g/mol. The molecule has 2 aromatic rings. The van der Waals surface area contributed by atoms with Gasteiger partial charge in [-0.05, 0) is 43.2 Å². The minimum atomic E-state index is -0.0605. The Morgan fingerprint density at radius 1 is 1.52 bits per heavy atom. The number of aryl methyl sites for hydroxylation is 1. The highest BCUT2D eigenvalue weighted by molar-refractivity contribution is 7.21. The molecule has 2 aromatic heterocycles. The Morgan fingerprint density at radius 3 is 2.86 bits per heavy atom. The number of nitrogen functional groups attached to an aromatic ring is 1. The maximum Gasteiger partial charge on any atom is 0.263 e. The maximum absolute atomic E-state index is 12.4.